The average Bonchev–Trinajstić information content (AvgIpc) is 2.76. The van der Waals surface area contributed by atoms with E-state index in [9.17, 15) is 0 Å². The average molecular weight is 256 g/mol. The van der Waals surface area contributed by atoms with Gasteiger partial charge in [-0.05, 0) is 38.1 Å². The van der Waals surface area contributed by atoms with Gasteiger partial charge in [-0.15, -0.1) is 0 Å². The number of imidazole rings is 1. The van der Waals surface area contributed by atoms with E-state index in [1.54, 1.807) is 0 Å². The number of fused-ring (bicyclic) bond motifs is 1. The second-order valence-corrected chi connectivity index (χ2v) is 5.67. The molecule has 4 nitrogen and oxygen atoms in total. The highest BCUT2D eigenvalue weighted by atomic mass is 15.1. The molecule has 0 saturated carbocycles. The van der Waals surface area contributed by atoms with Crippen LogP contribution in [0.5, 0.6) is 0 Å². The Morgan fingerprint density at radius 2 is 1.84 bits per heavy atom. The number of hydrogen-bond donors (Lipinski definition) is 2. The van der Waals surface area contributed by atoms with Crippen LogP contribution in [0.4, 0.5) is 0 Å². The third kappa shape index (κ3) is 1.86. The van der Waals surface area contributed by atoms with Gasteiger partial charge in [-0.3, -0.25) is 0 Å². The Balaban J connectivity index is 1.84. The molecule has 100 valence electrons. The molecule has 0 unspecified atom stereocenters. The Hall–Kier alpha value is -1.39. The summed E-state index contributed by atoms with van der Waals surface area (Å²) in [5.41, 5.74) is 2.47. The maximum Gasteiger partial charge on any atom is 0.115 e. The van der Waals surface area contributed by atoms with Crippen molar-refractivity contribution in [1.29, 1.82) is 0 Å². The summed E-state index contributed by atoms with van der Waals surface area (Å²) in [7, 11) is 0. The first-order valence-electron chi connectivity index (χ1n) is 7.32. The first kappa shape index (κ1) is 11.4. The van der Waals surface area contributed by atoms with Crippen molar-refractivity contribution in [2.24, 2.45) is 0 Å². The van der Waals surface area contributed by atoms with Crippen LogP contribution in [0.2, 0.25) is 0 Å². The molecule has 0 radical (unpaired) electrons. The predicted octanol–water partition coefficient (Wildman–Crippen LogP) is 1.65. The minimum Gasteiger partial charge on any atom is -0.324 e. The molecule has 0 spiro atoms. The lowest BCUT2D eigenvalue weighted by molar-refractivity contribution is 0.342. The number of aromatic nitrogens is 2. The van der Waals surface area contributed by atoms with E-state index >= 15 is 0 Å². The van der Waals surface area contributed by atoms with Crippen LogP contribution in [0, 0.1) is 0 Å². The monoisotopic (exact) mass is 256 g/mol. The Kier molecular flexibility index (Phi) is 2.78. The molecule has 19 heavy (non-hydrogen) atoms. The van der Waals surface area contributed by atoms with Gasteiger partial charge in [-0.2, -0.15) is 0 Å². The van der Waals surface area contributed by atoms with E-state index in [-0.39, 0.29) is 0 Å². The van der Waals surface area contributed by atoms with Gasteiger partial charge in [0.25, 0.3) is 0 Å². The van der Waals surface area contributed by atoms with Gasteiger partial charge in [-0.1, -0.05) is 12.1 Å². The molecule has 1 aromatic carbocycles. The number of rotatable bonds is 2. The van der Waals surface area contributed by atoms with Crippen molar-refractivity contribution in [3.05, 3.63) is 30.1 Å². The number of nitrogens with zero attached hydrogens (tertiary/aromatic N) is 2. The fourth-order valence-corrected chi connectivity index (χ4v) is 3.27. The molecule has 0 aliphatic carbocycles. The van der Waals surface area contributed by atoms with Crippen molar-refractivity contribution in [1.82, 2.24) is 20.2 Å². The standard InChI is InChI=1S/C15H20N4/c1-2-4-14-13(3-1)18-15(11-9-17-10-11)19(14)12-5-7-16-8-6-12/h1-4,11-12,16-17H,5-10H2. The second kappa shape index (κ2) is 4.62. The summed E-state index contributed by atoms with van der Waals surface area (Å²) in [4.78, 5) is 4.91. The topological polar surface area (TPSA) is 41.9 Å². The number of benzene rings is 1. The van der Waals surface area contributed by atoms with Gasteiger partial charge in [0, 0.05) is 25.0 Å². The number of nitrogens with one attached hydrogen (secondary N) is 2. The highest BCUT2D eigenvalue weighted by Crippen LogP contribution is 2.31. The van der Waals surface area contributed by atoms with Gasteiger partial charge in [0.05, 0.1) is 11.0 Å². The van der Waals surface area contributed by atoms with Crippen LogP contribution in [0.25, 0.3) is 11.0 Å². The maximum atomic E-state index is 4.91. The zero-order chi connectivity index (χ0) is 12.7. The van der Waals surface area contributed by atoms with E-state index in [2.05, 4.69) is 39.5 Å². The molecule has 2 N–H and O–H groups in total. The SMILES string of the molecule is c1ccc2c(c1)nc(C1CNC1)n2C1CCNCC1. The summed E-state index contributed by atoms with van der Waals surface area (Å²) in [6, 6.07) is 9.20. The fourth-order valence-electron chi connectivity index (χ4n) is 3.27. The van der Waals surface area contributed by atoms with Gasteiger partial charge in [-0.25, -0.2) is 4.98 Å². The molecule has 0 bridgehead atoms. The predicted molar refractivity (Wildman–Crippen MR) is 76.5 cm³/mol. The zero-order valence-electron chi connectivity index (χ0n) is 11.1. The zero-order valence-corrected chi connectivity index (χ0v) is 11.1. The van der Waals surface area contributed by atoms with Crippen LogP contribution in [0.1, 0.15) is 30.6 Å². The number of para-hydroxylation sites is 2. The van der Waals surface area contributed by atoms with Gasteiger partial charge in [0.15, 0.2) is 0 Å². The summed E-state index contributed by atoms with van der Waals surface area (Å²) in [6.45, 7) is 4.40. The smallest absolute Gasteiger partial charge is 0.115 e. The van der Waals surface area contributed by atoms with E-state index in [0.717, 1.165) is 31.7 Å². The lowest BCUT2D eigenvalue weighted by Crippen LogP contribution is -2.42. The molecule has 3 heterocycles. The van der Waals surface area contributed by atoms with Crippen molar-refractivity contribution >= 4 is 11.0 Å². The molecule has 2 aliphatic rings. The summed E-state index contributed by atoms with van der Waals surface area (Å²) in [5.74, 6) is 1.90. The first-order chi connectivity index (χ1) is 9.43. The Bertz CT molecular complexity index is 579. The summed E-state index contributed by atoms with van der Waals surface area (Å²) in [5, 5.41) is 6.82. The van der Waals surface area contributed by atoms with Crippen molar-refractivity contribution in [2.75, 3.05) is 26.2 Å². The van der Waals surface area contributed by atoms with Crippen molar-refractivity contribution in [3.63, 3.8) is 0 Å². The van der Waals surface area contributed by atoms with Gasteiger partial charge in [0.1, 0.15) is 5.82 Å². The van der Waals surface area contributed by atoms with E-state index < -0.39 is 0 Å². The third-order valence-corrected chi connectivity index (χ3v) is 4.44. The molecule has 2 aliphatic heterocycles. The molecular weight excluding hydrogens is 236 g/mol. The minimum atomic E-state index is 0.599. The van der Waals surface area contributed by atoms with Gasteiger partial charge < -0.3 is 15.2 Å². The Morgan fingerprint density at radius 3 is 2.58 bits per heavy atom. The second-order valence-electron chi connectivity index (χ2n) is 5.67. The van der Waals surface area contributed by atoms with Gasteiger partial charge >= 0.3 is 0 Å². The van der Waals surface area contributed by atoms with Crippen LogP contribution >= 0.6 is 0 Å². The quantitative estimate of drug-likeness (QED) is 0.858. The van der Waals surface area contributed by atoms with Crippen LogP contribution in [0.15, 0.2) is 24.3 Å². The number of hydrogen-bond acceptors (Lipinski definition) is 3. The fraction of sp³-hybridized carbons (Fsp3) is 0.533. The van der Waals surface area contributed by atoms with E-state index in [0.29, 0.717) is 12.0 Å². The highest BCUT2D eigenvalue weighted by Gasteiger charge is 2.28. The van der Waals surface area contributed by atoms with Crippen molar-refractivity contribution in [3.8, 4) is 0 Å². The van der Waals surface area contributed by atoms with Crippen LogP contribution in [0.3, 0.4) is 0 Å². The minimum absolute atomic E-state index is 0.599. The molecule has 2 aromatic rings. The first-order valence-corrected chi connectivity index (χ1v) is 7.32. The molecule has 4 rings (SSSR count). The molecule has 4 heteroatoms. The maximum absolute atomic E-state index is 4.91. The Labute approximate surface area is 113 Å². The van der Waals surface area contributed by atoms with Crippen LogP contribution in [-0.2, 0) is 0 Å². The molecule has 0 atom stereocenters. The number of piperidine rings is 1. The molecule has 2 fully saturated rings. The summed E-state index contributed by atoms with van der Waals surface area (Å²) in [6.07, 6.45) is 2.43. The molecule has 1 aromatic heterocycles. The lowest BCUT2D eigenvalue weighted by Gasteiger charge is -2.32. The van der Waals surface area contributed by atoms with E-state index in [4.69, 9.17) is 4.98 Å². The summed E-state index contributed by atoms with van der Waals surface area (Å²) >= 11 is 0. The molecule has 2 saturated heterocycles. The largest absolute Gasteiger partial charge is 0.324 e. The molecule has 0 amide bonds. The summed E-state index contributed by atoms with van der Waals surface area (Å²) < 4.78 is 2.53. The van der Waals surface area contributed by atoms with Crippen molar-refractivity contribution in [2.45, 2.75) is 24.8 Å². The van der Waals surface area contributed by atoms with E-state index in [1.807, 2.05) is 0 Å². The molecular formula is C15H20N4. The van der Waals surface area contributed by atoms with Crippen molar-refractivity contribution < 1.29 is 0 Å². The lowest BCUT2D eigenvalue weighted by atomic mass is 10.0. The Morgan fingerprint density at radius 1 is 1.05 bits per heavy atom. The van der Waals surface area contributed by atoms with Crippen LogP contribution < -0.4 is 10.6 Å². The highest BCUT2D eigenvalue weighted by molar-refractivity contribution is 5.76. The van der Waals surface area contributed by atoms with Gasteiger partial charge in [0.2, 0.25) is 0 Å². The van der Waals surface area contributed by atoms with Crippen LogP contribution in [-0.4, -0.2) is 35.7 Å². The normalized spacial score (nSPS) is 21.7. The third-order valence-electron chi connectivity index (χ3n) is 4.44. The van der Waals surface area contributed by atoms with E-state index in [1.165, 1.54) is 24.2 Å².